The van der Waals surface area contributed by atoms with Crippen LogP contribution in [0.5, 0.6) is 0 Å². The van der Waals surface area contributed by atoms with Crippen LogP contribution in [-0.2, 0) is 17.8 Å². The minimum absolute atomic E-state index is 0.101. The molecule has 2 fully saturated rings. The maximum absolute atomic E-state index is 12.4. The van der Waals surface area contributed by atoms with Crippen LogP contribution in [-0.4, -0.2) is 69.3 Å². The van der Waals surface area contributed by atoms with Gasteiger partial charge in [-0.1, -0.05) is 27.2 Å². The Morgan fingerprint density at radius 3 is 2.89 bits per heavy atom. The number of hydrogen-bond donors (Lipinski definition) is 1. The summed E-state index contributed by atoms with van der Waals surface area (Å²) < 4.78 is 2.05. The average Bonchev–Trinajstić information content (AvgIpc) is 3.03. The number of nitrogens with zero attached hydrogens (tertiary/aromatic N) is 6. The fraction of sp³-hybridized carbons (Fsp3) is 0.700. The second-order valence-corrected chi connectivity index (χ2v) is 8.31. The van der Waals surface area contributed by atoms with Crippen LogP contribution in [0.2, 0.25) is 0 Å². The van der Waals surface area contributed by atoms with Crippen molar-refractivity contribution in [1.82, 2.24) is 30.0 Å². The average molecular weight is 386 g/mol. The van der Waals surface area contributed by atoms with E-state index in [-0.39, 0.29) is 11.9 Å². The standard InChI is InChI=1S/C20H31N7O/c1-4-5-7-27-19-17(15(24-27)11-14(2)3)18(22-13-23-19)26-10-9-25-8-6-21-20(28)16(25)12-26/h13-14,16H,4-12H2,1-3H3,(H,21,28). The summed E-state index contributed by atoms with van der Waals surface area (Å²) in [6, 6.07) is -0.101. The van der Waals surface area contributed by atoms with Gasteiger partial charge in [0.2, 0.25) is 5.91 Å². The number of piperazine rings is 2. The highest BCUT2D eigenvalue weighted by molar-refractivity contribution is 5.91. The van der Waals surface area contributed by atoms with Crippen LogP contribution >= 0.6 is 0 Å². The lowest BCUT2D eigenvalue weighted by Crippen LogP contribution is -2.64. The minimum atomic E-state index is -0.101. The molecule has 1 atom stereocenters. The van der Waals surface area contributed by atoms with E-state index < -0.39 is 0 Å². The first-order chi connectivity index (χ1) is 13.6. The van der Waals surface area contributed by atoms with E-state index in [9.17, 15) is 4.79 Å². The first kappa shape index (κ1) is 19.1. The lowest BCUT2D eigenvalue weighted by molar-refractivity contribution is -0.129. The highest BCUT2D eigenvalue weighted by Crippen LogP contribution is 2.30. The normalized spacial score (nSPS) is 20.6. The number of aromatic nitrogens is 4. The molecule has 2 aliphatic rings. The van der Waals surface area contributed by atoms with E-state index >= 15 is 0 Å². The van der Waals surface area contributed by atoms with Gasteiger partial charge in [-0.25, -0.2) is 14.6 Å². The van der Waals surface area contributed by atoms with E-state index in [0.717, 1.165) is 74.5 Å². The van der Waals surface area contributed by atoms with Gasteiger partial charge < -0.3 is 10.2 Å². The van der Waals surface area contributed by atoms with Gasteiger partial charge in [0.25, 0.3) is 0 Å². The molecular formula is C20H31N7O. The summed E-state index contributed by atoms with van der Waals surface area (Å²) in [6.07, 6.45) is 4.75. The first-order valence-electron chi connectivity index (χ1n) is 10.6. The Morgan fingerprint density at radius 1 is 1.25 bits per heavy atom. The summed E-state index contributed by atoms with van der Waals surface area (Å²) in [6.45, 7) is 11.6. The maximum atomic E-state index is 12.4. The van der Waals surface area contributed by atoms with Gasteiger partial charge in [-0.3, -0.25) is 9.69 Å². The molecule has 8 nitrogen and oxygen atoms in total. The molecule has 152 valence electrons. The number of unbranched alkanes of at least 4 members (excludes halogenated alkanes) is 1. The lowest BCUT2D eigenvalue weighted by atomic mass is 10.0. The molecule has 0 aromatic carbocycles. The molecule has 4 rings (SSSR count). The molecular weight excluding hydrogens is 354 g/mol. The summed E-state index contributed by atoms with van der Waals surface area (Å²) in [5, 5.41) is 8.98. The summed E-state index contributed by atoms with van der Waals surface area (Å²) >= 11 is 0. The van der Waals surface area contributed by atoms with Crippen LogP contribution < -0.4 is 10.2 Å². The smallest absolute Gasteiger partial charge is 0.239 e. The third-order valence-electron chi connectivity index (χ3n) is 5.70. The van der Waals surface area contributed by atoms with Gasteiger partial charge in [0.1, 0.15) is 18.2 Å². The molecule has 2 saturated heterocycles. The molecule has 2 aromatic rings. The second kappa shape index (κ2) is 8.03. The van der Waals surface area contributed by atoms with Crippen LogP contribution in [0.3, 0.4) is 0 Å². The van der Waals surface area contributed by atoms with E-state index in [1.54, 1.807) is 6.33 Å². The predicted octanol–water partition coefficient (Wildman–Crippen LogP) is 1.45. The van der Waals surface area contributed by atoms with Crippen molar-refractivity contribution in [2.24, 2.45) is 5.92 Å². The molecule has 0 saturated carbocycles. The van der Waals surface area contributed by atoms with E-state index in [4.69, 9.17) is 5.10 Å². The zero-order valence-electron chi connectivity index (χ0n) is 17.2. The fourth-order valence-electron chi connectivity index (χ4n) is 4.27. The third kappa shape index (κ3) is 3.57. The highest BCUT2D eigenvalue weighted by Gasteiger charge is 2.36. The summed E-state index contributed by atoms with van der Waals surface area (Å²) in [4.78, 5) is 26.2. The Morgan fingerprint density at radius 2 is 2.11 bits per heavy atom. The van der Waals surface area contributed by atoms with E-state index in [0.29, 0.717) is 12.5 Å². The van der Waals surface area contributed by atoms with Crippen LogP contribution in [0.4, 0.5) is 5.82 Å². The molecule has 1 unspecified atom stereocenters. The fourth-order valence-corrected chi connectivity index (χ4v) is 4.27. The summed E-state index contributed by atoms with van der Waals surface area (Å²) in [7, 11) is 0. The summed E-state index contributed by atoms with van der Waals surface area (Å²) in [5.74, 6) is 1.57. The van der Waals surface area contributed by atoms with Crippen molar-refractivity contribution >= 4 is 22.8 Å². The minimum Gasteiger partial charge on any atom is -0.353 e. The SMILES string of the molecule is CCCCn1nc(CC(C)C)c2c(N3CCN4CCNC(=O)C4C3)ncnc21. The van der Waals surface area contributed by atoms with Gasteiger partial charge in [-0.15, -0.1) is 0 Å². The monoisotopic (exact) mass is 385 g/mol. The van der Waals surface area contributed by atoms with Gasteiger partial charge in [-0.2, -0.15) is 5.10 Å². The largest absolute Gasteiger partial charge is 0.353 e. The van der Waals surface area contributed by atoms with Crippen LogP contribution in [0, 0.1) is 5.92 Å². The number of rotatable bonds is 6. The molecule has 4 heterocycles. The number of hydrogen-bond acceptors (Lipinski definition) is 6. The molecule has 0 bridgehead atoms. The number of anilines is 1. The summed E-state index contributed by atoms with van der Waals surface area (Å²) in [5.41, 5.74) is 2.00. The second-order valence-electron chi connectivity index (χ2n) is 8.31. The molecule has 0 aliphatic carbocycles. The lowest BCUT2D eigenvalue weighted by Gasteiger charge is -2.43. The Hall–Kier alpha value is -2.22. The zero-order valence-corrected chi connectivity index (χ0v) is 17.2. The van der Waals surface area contributed by atoms with Crippen LogP contribution in [0.15, 0.2) is 6.33 Å². The Bertz CT molecular complexity index is 846. The van der Waals surface area contributed by atoms with Gasteiger partial charge >= 0.3 is 0 Å². The Kier molecular flexibility index (Phi) is 5.48. The number of carbonyl (C=O) groups excluding carboxylic acids is 1. The van der Waals surface area contributed by atoms with Crippen molar-refractivity contribution in [3.05, 3.63) is 12.0 Å². The molecule has 2 aromatic heterocycles. The number of aryl methyl sites for hydroxylation is 1. The number of amides is 1. The van der Waals surface area contributed by atoms with Gasteiger partial charge in [0, 0.05) is 39.3 Å². The van der Waals surface area contributed by atoms with Gasteiger partial charge in [0.15, 0.2) is 5.65 Å². The molecule has 0 radical (unpaired) electrons. The third-order valence-corrected chi connectivity index (χ3v) is 5.70. The molecule has 0 spiro atoms. The maximum Gasteiger partial charge on any atom is 0.239 e. The van der Waals surface area contributed by atoms with Crippen molar-refractivity contribution in [2.75, 3.05) is 37.6 Å². The molecule has 28 heavy (non-hydrogen) atoms. The topological polar surface area (TPSA) is 79.2 Å². The first-order valence-corrected chi connectivity index (χ1v) is 10.6. The number of carbonyl (C=O) groups is 1. The molecule has 1 N–H and O–H groups in total. The van der Waals surface area contributed by atoms with Crippen LogP contribution in [0.25, 0.3) is 11.0 Å². The van der Waals surface area contributed by atoms with Crippen molar-refractivity contribution in [3.8, 4) is 0 Å². The van der Waals surface area contributed by atoms with Crippen molar-refractivity contribution in [3.63, 3.8) is 0 Å². The van der Waals surface area contributed by atoms with Crippen molar-refractivity contribution < 1.29 is 4.79 Å². The molecule has 8 heteroatoms. The Balaban J connectivity index is 1.72. The van der Waals surface area contributed by atoms with Gasteiger partial charge in [0.05, 0.1) is 11.1 Å². The van der Waals surface area contributed by atoms with Crippen LogP contribution in [0.1, 0.15) is 39.3 Å². The molecule has 2 aliphatic heterocycles. The number of fused-ring (bicyclic) bond motifs is 2. The quantitative estimate of drug-likeness (QED) is 0.811. The highest BCUT2D eigenvalue weighted by atomic mass is 16.2. The Labute approximate surface area is 166 Å². The van der Waals surface area contributed by atoms with Crippen molar-refractivity contribution in [2.45, 2.75) is 52.6 Å². The number of nitrogens with one attached hydrogen (secondary N) is 1. The van der Waals surface area contributed by atoms with E-state index in [1.807, 2.05) is 4.68 Å². The van der Waals surface area contributed by atoms with Crippen molar-refractivity contribution in [1.29, 1.82) is 0 Å². The van der Waals surface area contributed by atoms with Gasteiger partial charge in [-0.05, 0) is 18.8 Å². The molecule has 1 amide bonds. The zero-order chi connectivity index (χ0) is 19.7. The van der Waals surface area contributed by atoms with E-state index in [2.05, 4.69) is 45.9 Å². The predicted molar refractivity (Wildman–Crippen MR) is 109 cm³/mol. The van der Waals surface area contributed by atoms with E-state index in [1.165, 1.54) is 0 Å².